The Morgan fingerprint density at radius 3 is 2.88 bits per heavy atom. The molecule has 0 radical (unpaired) electrons. The molecule has 42 valence electrons. The summed E-state index contributed by atoms with van der Waals surface area (Å²) >= 11 is 0. The molecular formula is C3H2N2O3. The number of aromatic nitrogens is 2. The fraction of sp³-hybridized carbons (Fsp3) is 0. The number of carbonyl (C=O) groups is 1. The third-order valence-corrected chi connectivity index (χ3v) is 0.544. The van der Waals surface area contributed by atoms with E-state index in [9.17, 15) is 4.79 Å². The van der Waals surface area contributed by atoms with Crippen LogP contribution >= 0.6 is 0 Å². The molecule has 0 atom stereocenters. The third-order valence-electron chi connectivity index (χ3n) is 0.544. The van der Waals surface area contributed by atoms with Crippen LogP contribution in [0, 0.1) is 0 Å². The molecule has 5 heteroatoms. The van der Waals surface area contributed by atoms with Crippen LogP contribution < -0.4 is 0 Å². The van der Waals surface area contributed by atoms with Crippen molar-refractivity contribution in [1.29, 1.82) is 0 Å². The summed E-state index contributed by atoms with van der Waals surface area (Å²) in [7, 11) is 0. The Hall–Kier alpha value is -1.39. The minimum Gasteiger partial charge on any atom is -0.474 e. The van der Waals surface area contributed by atoms with E-state index >= 15 is 0 Å². The van der Waals surface area contributed by atoms with Gasteiger partial charge in [-0.3, -0.25) is 0 Å². The van der Waals surface area contributed by atoms with Gasteiger partial charge in [-0.25, -0.2) is 4.79 Å². The van der Waals surface area contributed by atoms with Crippen LogP contribution in [0.5, 0.6) is 0 Å². The molecule has 1 aromatic heterocycles. The second-order valence-electron chi connectivity index (χ2n) is 1.05. The highest BCUT2D eigenvalue weighted by molar-refractivity contribution is 5.81. The largest absolute Gasteiger partial charge is 0.474 e. The Balaban J connectivity index is 2.93. The van der Waals surface area contributed by atoms with Gasteiger partial charge in [-0.2, -0.15) is 4.98 Å². The molecule has 0 saturated carbocycles. The second-order valence-corrected chi connectivity index (χ2v) is 1.05. The van der Waals surface area contributed by atoms with Crippen molar-refractivity contribution >= 4 is 5.97 Å². The highest BCUT2D eigenvalue weighted by Crippen LogP contribution is 1.87. The van der Waals surface area contributed by atoms with Gasteiger partial charge in [0.2, 0.25) is 0 Å². The predicted molar refractivity (Wildman–Crippen MR) is 21.3 cm³/mol. The first-order valence-electron chi connectivity index (χ1n) is 1.80. The van der Waals surface area contributed by atoms with E-state index in [-0.39, 0.29) is 5.89 Å². The topological polar surface area (TPSA) is 76.2 Å². The molecule has 1 N–H and O–H groups in total. The standard InChI is InChI=1S/C3H2N2O3/c6-3(7)2-4-1-5-8-2/h1H,(H,6,7). The van der Waals surface area contributed by atoms with Crippen molar-refractivity contribution in [1.82, 2.24) is 10.1 Å². The van der Waals surface area contributed by atoms with Gasteiger partial charge in [0.15, 0.2) is 6.33 Å². The Morgan fingerprint density at radius 2 is 2.62 bits per heavy atom. The fourth-order valence-corrected chi connectivity index (χ4v) is 0.267. The monoisotopic (exact) mass is 114 g/mol. The van der Waals surface area contributed by atoms with Crippen molar-refractivity contribution in [3.8, 4) is 0 Å². The summed E-state index contributed by atoms with van der Waals surface area (Å²) in [4.78, 5) is 13.1. The normalized spacial score (nSPS) is 9.00. The van der Waals surface area contributed by atoms with Crippen LogP contribution in [0.4, 0.5) is 0 Å². The molecule has 8 heavy (non-hydrogen) atoms. The summed E-state index contributed by atoms with van der Waals surface area (Å²) in [5, 5.41) is 11.2. The molecule has 1 rings (SSSR count). The maximum atomic E-state index is 9.87. The minimum absolute atomic E-state index is 0.384. The van der Waals surface area contributed by atoms with Crippen LogP contribution in [0.15, 0.2) is 10.9 Å². The zero-order valence-corrected chi connectivity index (χ0v) is 3.74. The van der Waals surface area contributed by atoms with Gasteiger partial charge in [0.25, 0.3) is 0 Å². The van der Waals surface area contributed by atoms with Gasteiger partial charge in [-0.1, -0.05) is 5.16 Å². The molecule has 1 aromatic rings. The van der Waals surface area contributed by atoms with Crippen molar-refractivity contribution in [2.24, 2.45) is 0 Å². The predicted octanol–water partition coefficient (Wildman–Crippen LogP) is -0.232. The maximum absolute atomic E-state index is 9.87. The van der Waals surface area contributed by atoms with Crippen molar-refractivity contribution in [2.75, 3.05) is 0 Å². The SMILES string of the molecule is O=C(O)c1ncno1. The Labute approximate surface area is 43.9 Å². The van der Waals surface area contributed by atoms with Gasteiger partial charge in [0.05, 0.1) is 0 Å². The van der Waals surface area contributed by atoms with E-state index in [1.54, 1.807) is 0 Å². The van der Waals surface area contributed by atoms with Gasteiger partial charge in [0.1, 0.15) is 0 Å². The number of aromatic carboxylic acids is 1. The molecule has 0 bridgehead atoms. The molecule has 0 saturated heterocycles. The second kappa shape index (κ2) is 1.61. The lowest BCUT2D eigenvalue weighted by Gasteiger charge is -1.74. The average molecular weight is 114 g/mol. The van der Waals surface area contributed by atoms with Gasteiger partial charge < -0.3 is 9.63 Å². The highest BCUT2D eigenvalue weighted by Gasteiger charge is 2.06. The summed E-state index contributed by atoms with van der Waals surface area (Å²) in [6.07, 6.45) is 1.03. The molecule has 0 aliphatic rings. The van der Waals surface area contributed by atoms with Gasteiger partial charge in [-0.15, -0.1) is 0 Å². The van der Waals surface area contributed by atoms with Crippen molar-refractivity contribution in [2.45, 2.75) is 0 Å². The van der Waals surface area contributed by atoms with Crippen LogP contribution in [-0.2, 0) is 0 Å². The van der Waals surface area contributed by atoms with Crippen LogP contribution in [-0.4, -0.2) is 21.2 Å². The van der Waals surface area contributed by atoms with Crippen LogP contribution in [0.3, 0.4) is 0 Å². The van der Waals surface area contributed by atoms with Crippen molar-refractivity contribution < 1.29 is 14.4 Å². The number of hydrogen-bond donors (Lipinski definition) is 1. The number of nitrogens with zero attached hydrogens (tertiary/aromatic N) is 2. The van der Waals surface area contributed by atoms with Gasteiger partial charge >= 0.3 is 11.9 Å². The summed E-state index contributed by atoms with van der Waals surface area (Å²) in [5.41, 5.74) is 0. The van der Waals surface area contributed by atoms with E-state index in [1.807, 2.05) is 0 Å². The molecule has 0 amide bonds. The Bertz CT molecular complexity index is 180. The Kier molecular flexibility index (Phi) is 0.957. The first-order chi connectivity index (χ1) is 3.80. The number of hydrogen-bond acceptors (Lipinski definition) is 4. The molecule has 0 aliphatic carbocycles. The quantitative estimate of drug-likeness (QED) is 0.545. The summed E-state index contributed by atoms with van der Waals surface area (Å²) in [5.74, 6) is -1.59. The summed E-state index contributed by atoms with van der Waals surface area (Å²) < 4.78 is 4.13. The van der Waals surface area contributed by atoms with E-state index in [2.05, 4.69) is 14.7 Å². The number of carboxylic acids is 1. The molecule has 0 spiro atoms. The number of carboxylic acid groups (broad SMARTS) is 1. The van der Waals surface area contributed by atoms with E-state index in [4.69, 9.17) is 5.11 Å². The third kappa shape index (κ3) is 0.651. The maximum Gasteiger partial charge on any atom is 0.394 e. The zero-order chi connectivity index (χ0) is 5.98. The van der Waals surface area contributed by atoms with Crippen molar-refractivity contribution in [3.05, 3.63) is 12.2 Å². The minimum atomic E-state index is -1.21. The lowest BCUT2D eigenvalue weighted by atomic mass is 10.7. The summed E-state index contributed by atoms with van der Waals surface area (Å²) in [6, 6.07) is 0. The van der Waals surface area contributed by atoms with Crippen molar-refractivity contribution in [3.63, 3.8) is 0 Å². The molecule has 0 unspecified atom stereocenters. The Morgan fingerprint density at radius 1 is 1.88 bits per heavy atom. The van der Waals surface area contributed by atoms with E-state index < -0.39 is 5.97 Å². The molecule has 0 fully saturated rings. The lowest BCUT2D eigenvalue weighted by molar-refractivity contribution is 0.0643. The molecule has 0 aromatic carbocycles. The summed E-state index contributed by atoms with van der Waals surface area (Å²) in [6.45, 7) is 0. The van der Waals surface area contributed by atoms with E-state index in [1.165, 1.54) is 0 Å². The lowest BCUT2D eigenvalue weighted by Crippen LogP contribution is -1.94. The molecule has 1 heterocycles. The molecule has 0 aliphatic heterocycles. The fourth-order valence-electron chi connectivity index (χ4n) is 0.267. The van der Waals surface area contributed by atoms with Crippen LogP contribution in [0.2, 0.25) is 0 Å². The van der Waals surface area contributed by atoms with Crippen LogP contribution in [0.25, 0.3) is 0 Å². The van der Waals surface area contributed by atoms with Crippen LogP contribution in [0.1, 0.15) is 10.7 Å². The molecular weight excluding hydrogens is 112 g/mol. The zero-order valence-electron chi connectivity index (χ0n) is 3.74. The van der Waals surface area contributed by atoms with E-state index in [0.29, 0.717) is 0 Å². The van der Waals surface area contributed by atoms with Gasteiger partial charge in [-0.05, 0) is 0 Å². The average Bonchev–Trinajstić information content (AvgIpc) is 2.12. The molecule has 5 nitrogen and oxygen atoms in total. The van der Waals surface area contributed by atoms with E-state index in [0.717, 1.165) is 6.33 Å². The highest BCUT2D eigenvalue weighted by atomic mass is 16.5. The first-order valence-corrected chi connectivity index (χ1v) is 1.80. The first kappa shape index (κ1) is 4.76. The van der Waals surface area contributed by atoms with Gasteiger partial charge in [0, 0.05) is 0 Å². The number of rotatable bonds is 1. The smallest absolute Gasteiger partial charge is 0.394 e.